The van der Waals surface area contributed by atoms with Crippen molar-refractivity contribution in [3.63, 3.8) is 0 Å². The van der Waals surface area contributed by atoms with E-state index >= 15 is 0 Å². The number of benzene rings is 3. The van der Waals surface area contributed by atoms with Gasteiger partial charge in [0, 0.05) is 36.0 Å². The summed E-state index contributed by atoms with van der Waals surface area (Å²) in [7, 11) is 0. The molecule has 1 aliphatic rings. The van der Waals surface area contributed by atoms with Crippen molar-refractivity contribution in [3.8, 4) is 12.3 Å². The number of hydrazone groups is 1. The van der Waals surface area contributed by atoms with Gasteiger partial charge in [0.25, 0.3) is 11.8 Å². The van der Waals surface area contributed by atoms with Gasteiger partial charge in [-0.2, -0.15) is 5.10 Å². The zero-order chi connectivity index (χ0) is 27.1. The fourth-order valence-electron chi connectivity index (χ4n) is 4.01. The predicted molar refractivity (Wildman–Crippen MR) is 147 cm³/mol. The number of aliphatic hydroxyl groups is 1. The Kier molecular flexibility index (Phi) is 8.74. The van der Waals surface area contributed by atoms with Gasteiger partial charge < -0.3 is 15.7 Å². The van der Waals surface area contributed by atoms with Gasteiger partial charge in [-0.1, -0.05) is 23.6 Å². The fourth-order valence-corrected chi connectivity index (χ4v) is 4.18. The van der Waals surface area contributed by atoms with Gasteiger partial charge >= 0.3 is 0 Å². The second-order valence-electron chi connectivity index (χ2n) is 8.88. The smallest absolute Gasteiger partial charge is 0.258 e. The van der Waals surface area contributed by atoms with E-state index in [2.05, 4.69) is 21.7 Å². The highest BCUT2D eigenvalue weighted by Crippen LogP contribution is 2.24. The summed E-state index contributed by atoms with van der Waals surface area (Å²) >= 11 is 6.10. The minimum atomic E-state index is -0.723. The first-order chi connectivity index (χ1) is 18.4. The van der Waals surface area contributed by atoms with Crippen LogP contribution in [0, 0.1) is 24.1 Å². The predicted octanol–water partition coefficient (Wildman–Crippen LogP) is 5.00. The van der Waals surface area contributed by atoms with Gasteiger partial charge in [-0.15, -0.1) is 6.42 Å². The molecule has 1 fully saturated rings. The Balaban J connectivity index is 1.45. The molecule has 0 radical (unpaired) electrons. The lowest BCUT2D eigenvalue weighted by Gasteiger charge is -2.28. The van der Waals surface area contributed by atoms with Crippen LogP contribution in [-0.2, 0) is 0 Å². The summed E-state index contributed by atoms with van der Waals surface area (Å²) < 4.78 is 14.9. The first-order valence-corrected chi connectivity index (χ1v) is 12.4. The van der Waals surface area contributed by atoms with E-state index < -0.39 is 17.6 Å². The molecule has 3 N–H and O–H groups in total. The highest BCUT2D eigenvalue weighted by molar-refractivity contribution is 6.31. The van der Waals surface area contributed by atoms with Crippen molar-refractivity contribution in [2.24, 2.45) is 11.0 Å². The highest BCUT2D eigenvalue weighted by Gasteiger charge is 2.19. The van der Waals surface area contributed by atoms with Crippen molar-refractivity contribution < 1.29 is 19.1 Å². The second-order valence-corrected chi connectivity index (χ2v) is 9.32. The maximum Gasteiger partial charge on any atom is 0.258 e. The fraction of sp³-hybridized carbons (Fsp3) is 0.207. The van der Waals surface area contributed by atoms with E-state index in [1.54, 1.807) is 36.5 Å². The van der Waals surface area contributed by atoms with Crippen LogP contribution in [0.25, 0.3) is 0 Å². The van der Waals surface area contributed by atoms with Gasteiger partial charge in [0.15, 0.2) is 0 Å². The highest BCUT2D eigenvalue weighted by atomic mass is 35.5. The van der Waals surface area contributed by atoms with Crippen LogP contribution in [0.4, 0.5) is 15.8 Å². The molecule has 0 atom stereocenters. The molecule has 7 nitrogen and oxygen atoms in total. The molecule has 2 amide bonds. The number of terminal acetylenes is 1. The number of piperidine rings is 1. The number of nitrogens with zero attached hydrogens (tertiary/aromatic N) is 2. The Morgan fingerprint density at radius 3 is 2.42 bits per heavy atom. The second kappa shape index (κ2) is 12.4. The van der Waals surface area contributed by atoms with Crippen LogP contribution in [0.15, 0.2) is 65.8 Å². The van der Waals surface area contributed by atoms with E-state index in [-0.39, 0.29) is 23.4 Å². The van der Waals surface area contributed by atoms with E-state index in [4.69, 9.17) is 18.0 Å². The van der Waals surface area contributed by atoms with Crippen LogP contribution in [0.1, 0.15) is 44.7 Å². The number of nitrogens with one attached hydrogen (secondary N) is 2. The molecule has 1 heterocycles. The van der Waals surface area contributed by atoms with Gasteiger partial charge in [0.1, 0.15) is 5.82 Å². The van der Waals surface area contributed by atoms with Gasteiger partial charge in [0.05, 0.1) is 23.0 Å². The van der Waals surface area contributed by atoms with E-state index in [0.717, 1.165) is 25.9 Å². The number of hydrogen-bond acceptors (Lipinski definition) is 5. The van der Waals surface area contributed by atoms with Gasteiger partial charge in [-0.05, 0) is 78.9 Å². The lowest BCUT2D eigenvalue weighted by atomic mass is 9.99. The summed E-state index contributed by atoms with van der Waals surface area (Å²) in [4.78, 5) is 25.8. The molecule has 194 valence electrons. The molecule has 0 spiro atoms. The molecule has 0 aliphatic carbocycles. The van der Waals surface area contributed by atoms with Crippen molar-refractivity contribution in [3.05, 3.63) is 93.8 Å². The van der Waals surface area contributed by atoms with E-state index in [1.807, 2.05) is 5.01 Å². The number of hydrogen-bond donors (Lipinski definition) is 3. The standard InChI is InChI=1S/C29H26ClFN4O3/c1-2-19-3-7-23(8-4-19)33-29(38)25-16-22(30)6-10-27(25)34-28(37)24-9-5-21(15-26(24)31)17-32-35-13-11-20(18-36)12-14-35/h1,3-10,15-17,20,36H,11-14,18H2,(H,33,38)(H,34,37). The van der Waals surface area contributed by atoms with Crippen molar-refractivity contribution in [2.75, 3.05) is 30.3 Å². The molecular formula is C29H26ClFN4O3. The molecule has 0 aromatic heterocycles. The summed E-state index contributed by atoms with van der Waals surface area (Å²) in [5.41, 5.74) is 1.78. The lowest BCUT2D eigenvalue weighted by molar-refractivity contribution is 0.102. The van der Waals surface area contributed by atoms with E-state index in [9.17, 15) is 19.1 Å². The van der Waals surface area contributed by atoms with Crippen molar-refractivity contribution in [2.45, 2.75) is 12.8 Å². The zero-order valence-electron chi connectivity index (χ0n) is 20.5. The third-order valence-corrected chi connectivity index (χ3v) is 6.48. The Morgan fingerprint density at radius 2 is 1.76 bits per heavy atom. The number of halogens is 2. The quantitative estimate of drug-likeness (QED) is 0.295. The Labute approximate surface area is 225 Å². The summed E-state index contributed by atoms with van der Waals surface area (Å²) in [6.07, 6.45) is 8.61. The van der Waals surface area contributed by atoms with Crippen LogP contribution in [0.5, 0.6) is 0 Å². The van der Waals surface area contributed by atoms with Crippen LogP contribution in [0.3, 0.4) is 0 Å². The summed E-state index contributed by atoms with van der Waals surface area (Å²) in [5.74, 6) is 0.850. The summed E-state index contributed by atoms with van der Waals surface area (Å²) in [6, 6.07) is 15.3. The number of carbonyl (C=O) groups excluding carboxylic acids is 2. The summed E-state index contributed by atoms with van der Waals surface area (Å²) in [5, 5.41) is 21.1. The number of rotatable bonds is 7. The molecule has 38 heavy (non-hydrogen) atoms. The van der Waals surface area contributed by atoms with Crippen molar-refractivity contribution >= 4 is 41.0 Å². The monoisotopic (exact) mass is 532 g/mol. The molecule has 0 unspecified atom stereocenters. The molecular weight excluding hydrogens is 507 g/mol. The molecule has 1 saturated heterocycles. The van der Waals surface area contributed by atoms with Gasteiger partial charge in [0.2, 0.25) is 0 Å². The van der Waals surface area contributed by atoms with Crippen LogP contribution in [0.2, 0.25) is 5.02 Å². The van der Waals surface area contributed by atoms with Gasteiger partial charge in [-0.25, -0.2) is 4.39 Å². The molecule has 3 aromatic rings. The van der Waals surface area contributed by atoms with Crippen LogP contribution < -0.4 is 10.6 Å². The first-order valence-electron chi connectivity index (χ1n) is 12.0. The largest absolute Gasteiger partial charge is 0.396 e. The molecule has 3 aromatic carbocycles. The Hall–Kier alpha value is -4.19. The lowest BCUT2D eigenvalue weighted by Crippen LogP contribution is -2.31. The average molecular weight is 533 g/mol. The summed E-state index contributed by atoms with van der Waals surface area (Å²) in [6.45, 7) is 1.62. The molecule has 0 saturated carbocycles. The number of anilines is 2. The maximum absolute atomic E-state index is 14.9. The Bertz CT molecular complexity index is 1390. The molecule has 9 heteroatoms. The van der Waals surface area contributed by atoms with E-state index in [1.165, 1.54) is 30.3 Å². The normalized spacial score (nSPS) is 13.8. The zero-order valence-corrected chi connectivity index (χ0v) is 21.2. The number of aliphatic hydroxyl groups excluding tert-OH is 1. The first kappa shape index (κ1) is 26.9. The van der Waals surface area contributed by atoms with Gasteiger partial charge in [-0.3, -0.25) is 14.6 Å². The maximum atomic E-state index is 14.9. The van der Waals surface area contributed by atoms with Crippen LogP contribution in [-0.4, -0.2) is 47.8 Å². The third-order valence-electron chi connectivity index (χ3n) is 6.24. The van der Waals surface area contributed by atoms with Crippen LogP contribution >= 0.6 is 11.6 Å². The topological polar surface area (TPSA) is 94.0 Å². The average Bonchev–Trinajstić information content (AvgIpc) is 2.93. The third kappa shape index (κ3) is 6.76. The van der Waals surface area contributed by atoms with E-state index in [0.29, 0.717) is 27.8 Å². The van der Waals surface area contributed by atoms with Crippen molar-refractivity contribution in [1.82, 2.24) is 5.01 Å². The molecule has 1 aliphatic heterocycles. The number of carbonyl (C=O) groups is 2. The molecule has 0 bridgehead atoms. The van der Waals surface area contributed by atoms with Crippen molar-refractivity contribution in [1.29, 1.82) is 0 Å². The molecule has 4 rings (SSSR count). The minimum absolute atomic E-state index is 0.112. The number of amides is 2. The SMILES string of the molecule is C#Cc1ccc(NC(=O)c2cc(Cl)ccc2NC(=O)c2ccc(C=NN3CCC(CO)CC3)cc2F)cc1. The Morgan fingerprint density at radius 1 is 1.05 bits per heavy atom. The minimum Gasteiger partial charge on any atom is -0.396 e.